The van der Waals surface area contributed by atoms with Crippen molar-refractivity contribution in [1.82, 2.24) is 4.57 Å². The number of hydrogen-bond acceptors (Lipinski definition) is 2. The zero-order valence-electron chi connectivity index (χ0n) is 11.4. The molecule has 0 bridgehead atoms. The van der Waals surface area contributed by atoms with E-state index in [4.69, 9.17) is 5.73 Å². The number of hydrogen-bond donors (Lipinski definition) is 1. The lowest BCUT2D eigenvalue weighted by atomic mass is 10.1. The molecule has 0 saturated heterocycles. The van der Waals surface area contributed by atoms with Gasteiger partial charge in [-0.25, -0.2) is 8.63 Å². The number of aromatic nitrogens is 1. The van der Waals surface area contributed by atoms with Crippen LogP contribution in [0.4, 0.5) is 8.63 Å². The Bertz CT molecular complexity index is 834. The average molecular weight is 300 g/mol. The molecule has 0 unspecified atom stereocenters. The Morgan fingerprint density at radius 1 is 1.05 bits per heavy atom. The van der Waals surface area contributed by atoms with Gasteiger partial charge in [-0.3, -0.25) is 9.36 Å². The first kappa shape index (κ1) is 14.1. The molecular formula is C15H11BF2N2O2. The van der Waals surface area contributed by atoms with Crippen LogP contribution in [0.3, 0.4) is 0 Å². The maximum atomic E-state index is 12.8. The molecule has 0 atom stereocenters. The van der Waals surface area contributed by atoms with Gasteiger partial charge in [-0.05, 0) is 18.2 Å². The van der Waals surface area contributed by atoms with E-state index in [1.54, 1.807) is 54.6 Å². The van der Waals surface area contributed by atoms with E-state index in [0.29, 0.717) is 16.6 Å². The lowest BCUT2D eigenvalue weighted by molar-refractivity contribution is 0.1000. The smallest absolute Gasteiger partial charge is 0.491 e. The number of fused-ring (bicyclic) bond motifs is 1. The molecule has 0 aliphatic rings. The summed E-state index contributed by atoms with van der Waals surface area (Å²) in [6, 6.07) is 15.6. The molecule has 2 aromatic carbocycles. The predicted molar refractivity (Wildman–Crippen MR) is 80.4 cm³/mol. The highest BCUT2D eigenvalue weighted by Crippen LogP contribution is 2.35. The summed E-state index contributed by atoms with van der Waals surface area (Å²) in [6.45, 7) is 0. The van der Waals surface area contributed by atoms with Crippen molar-refractivity contribution in [3.8, 4) is 11.6 Å². The number of rotatable bonds is 4. The molecule has 0 fully saturated rings. The van der Waals surface area contributed by atoms with E-state index in [-0.39, 0.29) is 11.4 Å². The largest absolute Gasteiger partial charge is 0.797 e. The van der Waals surface area contributed by atoms with Gasteiger partial charge in [0.15, 0.2) is 5.88 Å². The lowest BCUT2D eigenvalue weighted by Gasteiger charge is -2.11. The van der Waals surface area contributed by atoms with Gasteiger partial charge in [0.05, 0.1) is 5.52 Å². The van der Waals surface area contributed by atoms with Gasteiger partial charge in [0.25, 0.3) is 5.91 Å². The fourth-order valence-corrected chi connectivity index (χ4v) is 2.48. The molecule has 1 heterocycles. The number of amides is 1. The van der Waals surface area contributed by atoms with Crippen LogP contribution in [-0.4, -0.2) is 17.9 Å². The van der Waals surface area contributed by atoms with E-state index in [1.165, 1.54) is 4.57 Å². The number of primary amides is 1. The van der Waals surface area contributed by atoms with Crippen molar-refractivity contribution in [3.63, 3.8) is 0 Å². The standard InChI is InChI=1S/C15H11BF2N2O2/c17-16(18)22-15-13(14(19)21)11-8-4-5-9-12(11)20(15)10-6-2-1-3-7-10/h1-9H,(H2,19,21). The predicted octanol–water partition coefficient (Wildman–Crippen LogP) is 3.03. The third-order valence-corrected chi connectivity index (χ3v) is 3.29. The Morgan fingerprint density at radius 2 is 1.68 bits per heavy atom. The molecule has 0 radical (unpaired) electrons. The third kappa shape index (κ3) is 2.30. The Morgan fingerprint density at radius 3 is 2.32 bits per heavy atom. The van der Waals surface area contributed by atoms with Crippen molar-refractivity contribution < 1.29 is 18.1 Å². The second-order valence-corrected chi connectivity index (χ2v) is 4.61. The average Bonchev–Trinajstić information content (AvgIpc) is 2.81. The van der Waals surface area contributed by atoms with Crippen LogP contribution >= 0.6 is 0 Å². The molecule has 22 heavy (non-hydrogen) atoms. The zero-order valence-corrected chi connectivity index (χ0v) is 11.4. The minimum absolute atomic E-state index is 0.0558. The molecule has 0 aliphatic carbocycles. The Kier molecular flexibility index (Phi) is 3.54. The summed E-state index contributed by atoms with van der Waals surface area (Å²) in [5.41, 5.74) is 6.48. The van der Waals surface area contributed by atoms with E-state index < -0.39 is 13.4 Å². The lowest BCUT2D eigenvalue weighted by Crippen LogP contribution is -2.17. The summed E-state index contributed by atoms with van der Waals surface area (Å²) in [5, 5.41) is 0.467. The summed E-state index contributed by atoms with van der Waals surface area (Å²) < 4.78 is 31.7. The van der Waals surface area contributed by atoms with E-state index in [0.717, 1.165) is 0 Å². The van der Waals surface area contributed by atoms with Gasteiger partial charge in [0.2, 0.25) is 0 Å². The number of carbonyl (C=O) groups excluding carboxylic acids is 1. The van der Waals surface area contributed by atoms with Crippen molar-refractivity contribution in [3.05, 3.63) is 60.2 Å². The monoisotopic (exact) mass is 300 g/mol. The van der Waals surface area contributed by atoms with Crippen LogP contribution in [0.2, 0.25) is 0 Å². The molecule has 1 aromatic heterocycles. The van der Waals surface area contributed by atoms with Crippen LogP contribution in [0, 0.1) is 0 Å². The first-order valence-corrected chi connectivity index (χ1v) is 6.53. The fraction of sp³-hybridized carbons (Fsp3) is 0. The van der Waals surface area contributed by atoms with E-state index in [9.17, 15) is 13.4 Å². The topological polar surface area (TPSA) is 57.3 Å². The highest BCUT2D eigenvalue weighted by Gasteiger charge is 2.28. The molecule has 3 aromatic rings. The first-order valence-electron chi connectivity index (χ1n) is 6.53. The molecule has 3 rings (SSSR count). The van der Waals surface area contributed by atoms with Gasteiger partial charge in [-0.2, -0.15) is 0 Å². The van der Waals surface area contributed by atoms with E-state index in [1.807, 2.05) is 0 Å². The molecule has 0 saturated carbocycles. The van der Waals surface area contributed by atoms with E-state index >= 15 is 0 Å². The van der Waals surface area contributed by atoms with Gasteiger partial charge in [0, 0.05) is 11.1 Å². The first-order chi connectivity index (χ1) is 10.6. The summed E-state index contributed by atoms with van der Waals surface area (Å²) in [5.74, 6) is -1.07. The van der Waals surface area contributed by atoms with Crippen LogP contribution in [0.25, 0.3) is 16.6 Å². The highest BCUT2D eigenvalue weighted by atomic mass is 19.2. The number of nitrogens with zero attached hydrogens (tertiary/aromatic N) is 1. The molecule has 2 N–H and O–H groups in total. The van der Waals surface area contributed by atoms with Gasteiger partial charge < -0.3 is 10.4 Å². The van der Waals surface area contributed by atoms with Gasteiger partial charge in [0.1, 0.15) is 5.56 Å². The van der Waals surface area contributed by atoms with Crippen LogP contribution in [0.1, 0.15) is 10.4 Å². The summed E-state index contributed by atoms with van der Waals surface area (Å²) in [7, 11) is -3.06. The van der Waals surface area contributed by atoms with Crippen LogP contribution in [0.15, 0.2) is 54.6 Å². The number of halogens is 2. The van der Waals surface area contributed by atoms with Crippen molar-refractivity contribution in [2.24, 2.45) is 5.73 Å². The number of nitrogens with two attached hydrogens (primary N) is 1. The van der Waals surface area contributed by atoms with E-state index in [2.05, 4.69) is 4.65 Å². The minimum atomic E-state index is -3.06. The molecule has 7 heteroatoms. The van der Waals surface area contributed by atoms with Crippen molar-refractivity contribution in [2.45, 2.75) is 0 Å². The molecule has 0 aliphatic heterocycles. The number of para-hydroxylation sites is 2. The van der Waals surface area contributed by atoms with Crippen LogP contribution in [0.5, 0.6) is 5.88 Å². The fourth-order valence-electron chi connectivity index (χ4n) is 2.48. The Labute approximate surface area is 125 Å². The molecule has 4 nitrogen and oxygen atoms in total. The van der Waals surface area contributed by atoms with Crippen molar-refractivity contribution in [2.75, 3.05) is 0 Å². The highest BCUT2D eigenvalue weighted by molar-refractivity contribution is 6.35. The maximum absolute atomic E-state index is 12.8. The van der Waals surface area contributed by atoms with Crippen molar-refractivity contribution in [1.29, 1.82) is 0 Å². The number of benzene rings is 2. The maximum Gasteiger partial charge on any atom is 0.797 e. The van der Waals surface area contributed by atoms with Gasteiger partial charge in [-0.15, -0.1) is 0 Å². The Balaban J connectivity index is 2.40. The number of carbonyl (C=O) groups is 1. The summed E-state index contributed by atoms with van der Waals surface area (Å²) >= 11 is 0. The molecule has 0 spiro atoms. The second kappa shape index (κ2) is 5.52. The Hall–Kier alpha value is -2.83. The van der Waals surface area contributed by atoms with Gasteiger partial charge in [-0.1, -0.05) is 36.4 Å². The summed E-state index contributed by atoms with van der Waals surface area (Å²) in [6.07, 6.45) is 0. The minimum Gasteiger partial charge on any atom is -0.491 e. The molecule has 1 amide bonds. The SMILES string of the molecule is NC(=O)c1c(OB(F)F)n(-c2ccccc2)c2ccccc12. The quantitative estimate of drug-likeness (QED) is 0.753. The molecule has 110 valence electrons. The van der Waals surface area contributed by atoms with Gasteiger partial charge >= 0.3 is 7.47 Å². The summed E-state index contributed by atoms with van der Waals surface area (Å²) in [4.78, 5) is 11.7. The molecular weight excluding hydrogens is 289 g/mol. The van der Waals surface area contributed by atoms with Crippen molar-refractivity contribution >= 4 is 24.3 Å². The van der Waals surface area contributed by atoms with Crippen LogP contribution in [-0.2, 0) is 0 Å². The second-order valence-electron chi connectivity index (χ2n) is 4.61. The van der Waals surface area contributed by atoms with Crippen LogP contribution < -0.4 is 10.4 Å². The zero-order chi connectivity index (χ0) is 15.7. The normalized spacial score (nSPS) is 10.6. The third-order valence-electron chi connectivity index (χ3n) is 3.29.